The highest BCUT2D eigenvalue weighted by molar-refractivity contribution is 6.01. The van der Waals surface area contributed by atoms with Crippen LogP contribution in [0.5, 0.6) is 5.75 Å². The number of anilines is 2. The van der Waals surface area contributed by atoms with Crippen LogP contribution in [0.4, 0.5) is 11.5 Å². The van der Waals surface area contributed by atoms with Crippen LogP contribution in [0.1, 0.15) is 36.0 Å². The number of piperazine rings is 1. The molecule has 2 heterocycles. The van der Waals surface area contributed by atoms with Gasteiger partial charge in [0.05, 0.1) is 7.11 Å². The molecule has 1 aromatic heterocycles. The fourth-order valence-electron chi connectivity index (χ4n) is 4.85. The molecule has 0 unspecified atom stereocenters. The Morgan fingerprint density at radius 3 is 2.41 bits per heavy atom. The van der Waals surface area contributed by atoms with Gasteiger partial charge >= 0.3 is 0 Å². The Morgan fingerprint density at radius 2 is 1.69 bits per heavy atom. The summed E-state index contributed by atoms with van der Waals surface area (Å²) in [6, 6.07) is 16.5. The number of carbonyl (C=O) groups excluding carboxylic acids is 1. The zero-order chi connectivity index (χ0) is 21.9. The molecule has 0 radical (unpaired) electrons. The van der Waals surface area contributed by atoms with Gasteiger partial charge in [0.15, 0.2) is 0 Å². The Hall–Kier alpha value is -3.28. The van der Waals surface area contributed by atoms with Crippen molar-refractivity contribution in [2.24, 2.45) is 0 Å². The first kappa shape index (κ1) is 20.6. The van der Waals surface area contributed by atoms with Gasteiger partial charge in [-0.3, -0.25) is 4.79 Å². The summed E-state index contributed by atoms with van der Waals surface area (Å²) in [6.07, 6.45) is 6.46. The topological polar surface area (TPSA) is 57.7 Å². The van der Waals surface area contributed by atoms with Crippen LogP contribution >= 0.6 is 0 Å². The van der Waals surface area contributed by atoms with Gasteiger partial charge < -0.3 is 19.9 Å². The maximum atomic E-state index is 12.8. The molecule has 2 aromatic carbocycles. The van der Waals surface area contributed by atoms with E-state index in [0.717, 1.165) is 66.9 Å². The Kier molecular flexibility index (Phi) is 5.84. The lowest BCUT2D eigenvalue weighted by molar-refractivity contribution is 0.0938. The summed E-state index contributed by atoms with van der Waals surface area (Å²) in [5, 5.41) is 5.36. The number of benzene rings is 2. The number of hydrogen-bond acceptors (Lipinski definition) is 5. The normalized spacial score (nSPS) is 17.0. The van der Waals surface area contributed by atoms with Crippen LogP contribution in [-0.4, -0.2) is 50.2 Å². The highest BCUT2D eigenvalue weighted by atomic mass is 16.5. The van der Waals surface area contributed by atoms with E-state index >= 15 is 0 Å². The molecule has 0 bridgehead atoms. The molecule has 2 fully saturated rings. The molecular formula is C26H30N4O2. The summed E-state index contributed by atoms with van der Waals surface area (Å²) in [7, 11) is 1.69. The molecule has 1 saturated carbocycles. The van der Waals surface area contributed by atoms with E-state index in [1.165, 1.54) is 18.5 Å². The van der Waals surface area contributed by atoms with E-state index < -0.39 is 0 Å². The van der Waals surface area contributed by atoms with Crippen LogP contribution in [0.15, 0.2) is 54.7 Å². The molecule has 32 heavy (non-hydrogen) atoms. The predicted octanol–water partition coefficient (Wildman–Crippen LogP) is 4.24. The molecule has 1 N–H and O–H groups in total. The van der Waals surface area contributed by atoms with Gasteiger partial charge in [-0.2, -0.15) is 0 Å². The summed E-state index contributed by atoms with van der Waals surface area (Å²) in [5.41, 5.74) is 1.93. The maximum Gasteiger partial charge on any atom is 0.251 e. The summed E-state index contributed by atoms with van der Waals surface area (Å²) in [5.74, 6) is 1.87. The van der Waals surface area contributed by atoms with E-state index in [9.17, 15) is 4.79 Å². The number of amides is 1. The van der Waals surface area contributed by atoms with Gasteiger partial charge in [-0.05, 0) is 60.7 Å². The van der Waals surface area contributed by atoms with Crippen LogP contribution in [0.3, 0.4) is 0 Å². The summed E-state index contributed by atoms with van der Waals surface area (Å²) in [6.45, 7) is 3.62. The van der Waals surface area contributed by atoms with Crippen LogP contribution in [0.2, 0.25) is 0 Å². The standard InChI is InChI=1S/C26H30N4O2/c1-32-23-10-8-22(9-11-23)29-14-16-30(17-15-29)25-24-18-20(7-6-19(24)12-13-27-25)26(31)28-21-4-2-3-5-21/h6-13,18,21H,2-5,14-17H2,1H3,(H,28,31). The Balaban J connectivity index is 1.32. The second-order valence-electron chi connectivity index (χ2n) is 8.70. The number of nitrogens with zero attached hydrogens (tertiary/aromatic N) is 3. The van der Waals surface area contributed by atoms with Gasteiger partial charge in [-0.1, -0.05) is 18.9 Å². The molecule has 1 amide bonds. The second-order valence-corrected chi connectivity index (χ2v) is 8.70. The first-order chi connectivity index (χ1) is 15.7. The highest BCUT2D eigenvalue weighted by Gasteiger charge is 2.22. The van der Waals surface area contributed by atoms with Crippen molar-refractivity contribution in [3.8, 4) is 5.75 Å². The van der Waals surface area contributed by atoms with Gasteiger partial charge in [0.25, 0.3) is 5.91 Å². The third-order valence-electron chi connectivity index (χ3n) is 6.71. The monoisotopic (exact) mass is 430 g/mol. The summed E-state index contributed by atoms with van der Waals surface area (Å²) in [4.78, 5) is 22.3. The van der Waals surface area contributed by atoms with Crippen molar-refractivity contribution in [3.63, 3.8) is 0 Å². The largest absolute Gasteiger partial charge is 0.497 e. The van der Waals surface area contributed by atoms with Gasteiger partial charge in [0, 0.05) is 55.1 Å². The van der Waals surface area contributed by atoms with Gasteiger partial charge in [0.1, 0.15) is 11.6 Å². The number of carbonyl (C=O) groups is 1. The van der Waals surface area contributed by atoms with Crippen molar-refractivity contribution in [3.05, 3.63) is 60.3 Å². The lowest BCUT2D eigenvalue weighted by Crippen LogP contribution is -2.46. The van der Waals surface area contributed by atoms with Crippen molar-refractivity contribution >= 4 is 28.2 Å². The number of nitrogens with one attached hydrogen (secondary N) is 1. The molecule has 1 aliphatic heterocycles. The summed E-state index contributed by atoms with van der Waals surface area (Å²) >= 11 is 0. The Bertz CT molecular complexity index is 1080. The number of rotatable bonds is 5. The Morgan fingerprint density at radius 1 is 0.969 bits per heavy atom. The molecule has 6 nitrogen and oxygen atoms in total. The lowest BCUT2D eigenvalue weighted by atomic mass is 10.1. The number of methoxy groups -OCH3 is 1. The molecule has 5 rings (SSSR count). The minimum absolute atomic E-state index is 0.0259. The fourth-order valence-corrected chi connectivity index (χ4v) is 4.85. The molecule has 3 aromatic rings. The molecule has 1 aliphatic carbocycles. The van der Waals surface area contributed by atoms with Crippen LogP contribution in [0.25, 0.3) is 10.8 Å². The third kappa shape index (κ3) is 4.22. The third-order valence-corrected chi connectivity index (χ3v) is 6.71. The molecule has 0 atom stereocenters. The van der Waals surface area contributed by atoms with E-state index in [4.69, 9.17) is 9.72 Å². The number of fused-ring (bicyclic) bond motifs is 1. The van der Waals surface area contributed by atoms with Crippen molar-refractivity contribution in [1.82, 2.24) is 10.3 Å². The van der Waals surface area contributed by atoms with E-state index in [-0.39, 0.29) is 5.91 Å². The van der Waals surface area contributed by atoms with Crippen molar-refractivity contribution in [1.29, 1.82) is 0 Å². The minimum atomic E-state index is 0.0259. The summed E-state index contributed by atoms with van der Waals surface area (Å²) < 4.78 is 5.27. The first-order valence-corrected chi connectivity index (χ1v) is 11.5. The van der Waals surface area contributed by atoms with Gasteiger partial charge in [-0.15, -0.1) is 0 Å². The number of hydrogen-bond donors (Lipinski definition) is 1. The molecule has 1 saturated heterocycles. The predicted molar refractivity (Wildman–Crippen MR) is 129 cm³/mol. The minimum Gasteiger partial charge on any atom is -0.497 e. The van der Waals surface area contributed by atoms with E-state index in [1.54, 1.807) is 7.11 Å². The molecule has 166 valence electrons. The zero-order valence-corrected chi connectivity index (χ0v) is 18.6. The van der Waals surface area contributed by atoms with Crippen LogP contribution in [-0.2, 0) is 0 Å². The fraction of sp³-hybridized carbons (Fsp3) is 0.385. The van der Waals surface area contributed by atoms with Crippen LogP contribution < -0.4 is 19.9 Å². The van der Waals surface area contributed by atoms with Gasteiger partial charge in [-0.25, -0.2) is 4.98 Å². The van der Waals surface area contributed by atoms with E-state index in [1.807, 2.05) is 42.6 Å². The highest BCUT2D eigenvalue weighted by Crippen LogP contribution is 2.28. The van der Waals surface area contributed by atoms with Crippen molar-refractivity contribution < 1.29 is 9.53 Å². The Labute approximate surface area is 189 Å². The van der Waals surface area contributed by atoms with Gasteiger partial charge in [0.2, 0.25) is 0 Å². The molecule has 6 heteroatoms. The molecule has 0 spiro atoms. The first-order valence-electron chi connectivity index (χ1n) is 11.5. The van der Waals surface area contributed by atoms with Crippen molar-refractivity contribution in [2.45, 2.75) is 31.7 Å². The average Bonchev–Trinajstić information content (AvgIpc) is 3.36. The maximum absolute atomic E-state index is 12.8. The molecular weight excluding hydrogens is 400 g/mol. The number of aromatic nitrogens is 1. The number of ether oxygens (including phenoxy) is 1. The zero-order valence-electron chi connectivity index (χ0n) is 18.6. The van der Waals surface area contributed by atoms with E-state index in [2.05, 4.69) is 27.2 Å². The molecule has 2 aliphatic rings. The number of pyridine rings is 1. The second kappa shape index (κ2) is 9.07. The smallest absolute Gasteiger partial charge is 0.251 e. The van der Waals surface area contributed by atoms with Crippen molar-refractivity contribution in [2.75, 3.05) is 43.1 Å². The lowest BCUT2D eigenvalue weighted by Gasteiger charge is -2.37. The van der Waals surface area contributed by atoms with E-state index in [0.29, 0.717) is 6.04 Å². The average molecular weight is 431 g/mol. The van der Waals surface area contributed by atoms with Crippen LogP contribution in [0, 0.1) is 0 Å². The quantitative estimate of drug-likeness (QED) is 0.656. The SMILES string of the molecule is COc1ccc(N2CCN(c3nccc4ccc(C(=O)NC5CCCC5)cc34)CC2)cc1.